The molecule has 1 amide bonds. The van der Waals surface area contributed by atoms with Crippen LogP contribution in [-0.2, 0) is 14.9 Å². The number of benzene rings is 2. The number of aromatic nitrogens is 1. The van der Waals surface area contributed by atoms with E-state index in [0.29, 0.717) is 22.3 Å². The molecule has 0 saturated heterocycles. The van der Waals surface area contributed by atoms with Crippen molar-refractivity contribution in [1.29, 1.82) is 0 Å². The van der Waals surface area contributed by atoms with Gasteiger partial charge in [0.2, 0.25) is 6.41 Å². The van der Waals surface area contributed by atoms with Crippen LogP contribution in [0.25, 0.3) is 16.6 Å². The molecule has 0 bridgehead atoms. The van der Waals surface area contributed by atoms with Crippen molar-refractivity contribution in [3.8, 4) is 11.4 Å². The van der Waals surface area contributed by atoms with Crippen molar-refractivity contribution in [1.82, 2.24) is 4.57 Å². The van der Waals surface area contributed by atoms with Gasteiger partial charge >= 0.3 is 6.36 Å². The van der Waals surface area contributed by atoms with Crippen molar-refractivity contribution < 1.29 is 35.7 Å². The fourth-order valence-electron chi connectivity index (χ4n) is 2.95. The second-order valence-electron chi connectivity index (χ2n) is 6.21. The lowest BCUT2D eigenvalue weighted by molar-refractivity contribution is -0.274. The van der Waals surface area contributed by atoms with Crippen molar-refractivity contribution in [2.24, 2.45) is 5.73 Å². The second-order valence-corrected chi connectivity index (χ2v) is 6.78. The van der Waals surface area contributed by atoms with Crippen molar-refractivity contribution in [3.63, 3.8) is 0 Å². The first-order chi connectivity index (χ1) is 14.5. The highest BCUT2D eigenvalue weighted by atomic mass is 32.2. The number of alkyl halides is 5. The summed E-state index contributed by atoms with van der Waals surface area (Å²) in [6.07, 6.45) is -3.03. The van der Waals surface area contributed by atoms with Gasteiger partial charge < -0.3 is 19.2 Å². The minimum Gasteiger partial charge on any atom is -0.406 e. The van der Waals surface area contributed by atoms with Gasteiger partial charge in [-0.05, 0) is 49.3 Å². The van der Waals surface area contributed by atoms with Crippen molar-refractivity contribution in [3.05, 3.63) is 59.8 Å². The summed E-state index contributed by atoms with van der Waals surface area (Å²) in [5.41, 5.74) is 5.42. The number of carbonyl (C=O) groups is 1. The van der Waals surface area contributed by atoms with E-state index in [4.69, 9.17) is 8.98 Å². The van der Waals surface area contributed by atoms with Gasteiger partial charge in [-0.2, -0.15) is 8.78 Å². The van der Waals surface area contributed by atoms with Gasteiger partial charge in [0.05, 0.1) is 5.52 Å². The molecule has 11 heteroatoms. The summed E-state index contributed by atoms with van der Waals surface area (Å²) in [7, 11) is 0. The number of rotatable bonds is 6. The fraction of sp³-hybridized carbons (Fsp3) is 0.250. The number of nitrogens with two attached hydrogens (primary N) is 1. The van der Waals surface area contributed by atoms with E-state index in [1.54, 1.807) is 29.9 Å². The van der Waals surface area contributed by atoms with Gasteiger partial charge in [0.25, 0.3) is 5.92 Å². The van der Waals surface area contributed by atoms with Crippen LogP contribution in [-0.4, -0.2) is 30.2 Å². The van der Waals surface area contributed by atoms with E-state index in [1.165, 1.54) is 36.4 Å². The lowest BCUT2D eigenvalue weighted by Gasteiger charge is -2.18. The van der Waals surface area contributed by atoms with Gasteiger partial charge in [0.15, 0.2) is 0 Å². The van der Waals surface area contributed by atoms with Crippen LogP contribution < -0.4 is 10.5 Å². The summed E-state index contributed by atoms with van der Waals surface area (Å²) in [5, 5.41) is 0.662. The van der Waals surface area contributed by atoms with Gasteiger partial charge in [0, 0.05) is 34.7 Å². The summed E-state index contributed by atoms with van der Waals surface area (Å²) in [5.74, 6) is -3.59. The molecule has 1 heterocycles. The molecule has 5 nitrogen and oxygen atoms in total. The molecule has 0 unspecified atom stereocenters. The summed E-state index contributed by atoms with van der Waals surface area (Å²) in [6.45, 7) is 0.957. The number of nitrogens with zero attached hydrogens (tertiary/aromatic N) is 1. The molecule has 2 aromatic carbocycles. The molecule has 1 aromatic heterocycles. The molecular formula is C20H19F5N2O3S. The molecule has 0 fully saturated rings. The maximum absolute atomic E-state index is 14.3. The number of carbonyl (C=O) groups excluding carboxylic acids is 1. The Morgan fingerprint density at radius 1 is 1.10 bits per heavy atom. The van der Waals surface area contributed by atoms with Gasteiger partial charge in [-0.15, -0.1) is 13.2 Å². The van der Waals surface area contributed by atoms with Crippen molar-refractivity contribution in [2.75, 3.05) is 12.9 Å². The fourth-order valence-corrected chi connectivity index (χ4v) is 3.21. The topological polar surface area (TPSA) is 66.5 Å². The van der Waals surface area contributed by atoms with E-state index >= 15 is 0 Å². The predicted octanol–water partition coefficient (Wildman–Crippen LogP) is 5.33. The number of ether oxygens (including phenoxy) is 1. The molecule has 0 aliphatic rings. The molecule has 3 aromatic rings. The minimum atomic E-state index is -4.82. The number of fused-ring (bicyclic) bond motifs is 1. The zero-order valence-corrected chi connectivity index (χ0v) is 17.3. The third-order valence-corrected chi connectivity index (χ3v) is 4.43. The molecule has 31 heavy (non-hydrogen) atoms. The number of hydrogen-bond acceptors (Lipinski definition) is 4. The highest BCUT2D eigenvalue weighted by Crippen LogP contribution is 2.34. The second kappa shape index (κ2) is 10.0. The summed E-state index contributed by atoms with van der Waals surface area (Å²) < 4.78 is 76.6. The molecule has 0 spiro atoms. The van der Waals surface area contributed by atoms with Crippen LogP contribution in [0.15, 0.2) is 48.5 Å². The highest BCUT2D eigenvalue weighted by Gasteiger charge is 2.33. The SMILES string of the molecule is CSOCC(F)(F)c1cccc(-n2c(C)cc3ccc(OC(F)(F)F)cc32)c1.NC=O. The lowest BCUT2D eigenvalue weighted by atomic mass is 10.1. The van der Waals surface area contributed by atoms with Crippen LogP contribution in [0.1, 0.15) is 11.3 Å². The van der Waals surface area contributed by atoms with Crippen molar-refractivity contribution in [2.45, 2.75) is 19.2 Å². The number of primary amides is 1. The maximum atomic E-state index is 14.3. The van der Waals surface area contributed by atoms with E-state index in [2.05, 4.69) is 10.5 Å². The Bertz CT molecular complexity index is 1040. The first kappa shape index (κ1) is 24.5. The number of aryl methyl sites for hydroxylation is 1. The summed E-state index contributed by atoms with van der Waals surface area (Å²) in [6, 6.07) is 11.4. The minimum absolute atomic E-state index is 0.247. The van der Waals surface area contributed by atoms with E-state index in [0.717, 1.165) is 12.0 Å². The van der Waals surface area contributed by atoms with Crippen LogP contribution in [0.3, 0.4) is 0 Å². The van der Waals surface area contributed by atoms with Gasteiger partial charge in [0.1, 0.15) is 12.4 Å². The molecule has 0 aliphatic heterocycles. The highest BCUT2D eigenvalue weighted by molar-refractivity contribution is 7.93. The summed E-state index contributed by atoms with van der Waals surface area (Å²) >= 11 is 0.844. The van der Waals surface area contributed by atoms with E-state index in [9.17, 15) is 22.0 Å². The monoisotopic (exact) mass is 462 g/mol. The van der Waals surface area contributed by atoms with Crippen LogP contribution in [0.2, 0.25) is 0 Å². The molecule has 0 aliphatic carbocycles. The van der Waals surface area contributed by atoms with Crippen LogP contribution >= 0.6 is 12.0 Å². The third-order valence-electron chi connectivity index (χ3n) is 4.08. The first-order valence-corrected chi connectivity index (χ1v) is 9.85. The Hall–Kier alpha value is -2.79. The molecular weight excluding hydrogens is 443 g/mol. The Morgan fingerprint density at radius 3 is 2.39 bits per heavy atom. The lowest BCUT2D eigenvalue weighted by Crippen LogP contribution is -2.19. The Balaban J connectivity index is 0.00000107. The van der Waals surface area contributed by atoms with E-state index < -0.39 is 18.9 Å². The molecule has 3 rings (SSSR count). The molecule has 0 atom stereocenters. The van der Waals surface area contributed by atoms with Gasteiger partial charge in [-0.25, -0.2) is 0 Å². The average Bonchev–Trinajstić information content (AvgIpc) is 3.01. The van der Waals surface area contributed by atoms with E-state index in [-0.39, 0.29) is 17.7 Å². The number of halogens is 5. The Kier molecular flexibility index (Phi) is 7.91. The molecule has 0 saturated carbocycles. The van der Waals surface area contributed by atoms with E-state index in [1.807, 2.05) is 0 Å². The zero-order valence-electron chi connectivity index (χ0n) is 16.5. The molecule has 0 radical (unpaired) electrons. The largest absolute Gasteiger partial charge is 0.573 e. The summed E-state index contributed by atoms with van der Waals surface area (Å²) in [4.78, 5) is 8.58. The molecule has 168 valence electrons. The van der Waals surface area contributed by atoms with Gasteiger partial charge in [-0.3, -0.25) is 4.79 Å². The zero-order chi connectivity index (χ0) is 23.2. The smallest absolute Gasteiger partial charge is 0.406 e. The predicted molar refractivity (Wildman–Crippen MR) is 108 cm³/mol. The number of hydrogen-bond donors (Lipinski definition) is 1. The van der Waals surface area contributed by atoms with Crippen LogP contribution in [0, 0.1) is 6.92 Å². The van der Waals surface area contributed by atoms with Crippen LogP contribution in [0.4, 0.5) is 22.0 Å². The standard InChI is InChI=1S/C19H16F5NO2S.CH3NO/c1-12-8-13-6-7-16(27-19(22,23)24)10-17(13)25(12)15-5-3-4-14(9-15)18(20,21)11-26-28-2;2-1-3/h3-10H,11H2,1-2H3;1H,(H2,2,3). The van der Waals surface area contributed by atoms with Gasteiger partial charge in [-0.1, -0.05) is 12.1 Å². The molecule has 2 N–H and O–H groups in total. The average molecular weight is 462 g/mol. The number of amides is 1. The Labute approximate surface area is 179 Å². The third kappa shape index (κ3) is 6.34. The van der Waals surface area contributed by atoms with Crippen LogP contribution in [0.5, 0.6) is 5.75 Å². The quantitative estimate of drug-likeness (QED) is 0.306. The van der Waals surface area contributed by atoms with Crippen molar-refractivity contribution >= 4 is 29.4 Å². The Morgan fingerprint density at radius 2 is 1.77 bits per heavy atom. The maximum Gasteiger partial charge on any atom is 0.573 e. The normalized spacial score (nSPS) is 11.7. The first-order valence-electron chi connectivity index (χ1n) is 8.70.